The molecule has 2 aliphatic heterocycles. The number of imidazole rings is 1. The van der Waals surface area contributed by atoms with Gasteiger partial charge < -0.3 is 94.6 Å². The quantitative estimate of drug-likeness (QED) is 0.0129. The number of aromatic amines is 2. The van der Waals surface area contributed by atoms with Crippen molar-refractivity contribution in [3.63, 3.8) is 0 Å². The number of guanidine groups is 1. The predicted octanol–water partition coefficient (Wildman–Crippen LogP) is 3.98. The first-order valence-corrected chi connectivity index (χ1v) is 38.1. The Balaban J connectivity index is 0.000000894. The van der Waals surface area contributed by atoms with Gasteiger partial charge >= 0.3 is 5.97 Å². The number of aliphatic hydroxyl groups excluding tert-OH is 1. The summed E-state index contributed by atoms with van der Waals surface area (Å²) in [4.78, 5) is 174. The number of aromatic hydroxyl groups is 1. The third-order valence-corrected chi connectivity index (χ3v) is 18.4. The van der Waals surface area contributed by atoms with Crippen molar-refractivity contribution in [1.29, 1.82) is 0 Å². The van der Waals surface area contributed by atoms with Crippen molar-refractivity contribution in [2.45, 2.75) is 251 Å². The average Bonchev–Trinajstić information content (AvgIpc) is 1.81. The molecule has 2 aromatic heterocycles. The van der Waals surface area contributed by atoms with Crippen LogP contribution in [0.5, 0.6) is 5.75 Å². The summed E-state index contributed by atoms with van der Waals surface area (Å²) in [6.07, 6.45) is 26.9. The Morgan fingerprint density at radius 3 is 1.76 bits per heavy atom. The predicted molar refractivity (Wildman–Crippen MR) is 411 cm³/mol. The second-order valence-corrected chi connectivity index (χ2v) is 28.1. The number of carbonyl (C=O) groups is 12. The van der Waals surface area contributed by atoms with Gasteiger partial charge in [0.1, 0.15) is 60.1 Å². The molecule has 4 aromatic rings. The van der Waals surface area contributed by atoms with Crippen molar-refractivity contribution in [3.05, 3.63) is 96.2 Å². The number of likely N-dealkylation sites (N-methyl/N-ethyl adjacent to an activating group) is 1. The number of aromatic nitrogens is 3. The third-order valence-electron chi connectivity index (χ3n) is 18.4. The van der Waals surface area contributed by atoms with E-state index in [4.69, 9.17) is 26.5 Å². The number of fused-ring (bicyclic) bond motifs is 1. The van der Waals surface area contributed by atoms with Crippen molar-refractivity contribution in [2.75, 3.05) is 26.2 Å². The first kappa shape index (κ1) is 91.0. The number of hydrogen-bond donors (Lipinski definition) is 17. The number of aliphatic hydroxyl groups is 1. The minimum Gasteiger partial charge on any atom is -0.508 e. The Hall–Kier alpha value is -10.4. The number of hydrogen-bond acceptors (Lipinski definition) is 16. The number of aliphatic imine (C=N–C) groups is 1. The normalized spacial score (nSPS) is 15.8. The summed E-state index contributed by atoms with van der Waals surface area (Å²) in [5.41, 5.74) is 13.2. The van der Waals surface area contributed by atoms with Crippen LogP contribution in [-0.4, -0.2) is 198 Å². The molecule has 6 rings (SSSR count). The topological polar surface area (TPSA) is 506 Å². The number of carboxylic acid groups (broad SMARTS) is 2. The van der Waals surface area contributed by atoms with E-state index in [0.717, 1.165) is 25.3 Å². The molecule has 109 heavy (non-hydrogen) atoms. The number of amides is 10. The number of phenols is 1. The van der Waals surface area contributed by atoms with E-state index in [2.05, 4.69) is 86.9 Å². The van der Waals surface area contributed by atoms with Crippen LogP contribution in [0.3, 0.4) is 0 Å². The van der Waals surface area contributed by atoms with Crippen LogP contribution >= 0.6 is 0 Å². The summed E-state index contributed by atoms with van der Waals surface area (Å²) in [6, 6.07) is 1.48. The molecule has 19 N–H and O–H groups in total. The number of H-pyrrole nitrogens is 2. The van der Waals surface area contributed by atoms with E-state index in [-0.39, 0.29) is 81.6 Å². The number of likely N-dealkylation sites (tertiary alicyclic amines) is 1. The van der Waals surface area contributed by atoms with Gasteiger partial charge in [-0.1, -0.05) is 128 Å². The summed E-state index contributed by atoms with van der Waals surface area (Å²) < 4.78 is 0. The number of nitrogens with zero attached hydrogens (tertiary/aromatic N) is 3. The maximum atomic E-state index is 14.6. The summed E-state index contributed by atoms with van der Waals surface area (Å²) >= 11 is 0. The molecule has 32 heteroatoms. The summed E-state index contributed by atoms with van der Waals surface area (Å²) in [6.45, 7) is 11.5. The van der Waals surface area contributed by atoms with Gasteiger partial charge in [-0.15, -0.1) is 0 Å². The van der Waals surface area contributed by atoms with Crippen molar-refractivity contribution in [3.8, 4) is 5.75 Å². The van der Waals surface area contributed by atoms with Crippen LogP contribution in [0.1, 0.15) is 194 Å². The van der Waals surface area contributed by atoms with Gasteiger partial charge in [0.25, 0.3) is 5.97 Å². The number of aliphatic carboxylic acids is 2. The molecular formula is C77H118N16O16. The summed E-state index contributed by atoms with van der Waals surface area (Å²) in [5, 5.41) is 61.5. The number of benzene rings is 2. The Bertz CT molecular complexity index is 3590. The minimum absolute atomic E-state index is 0.0826. The highest BCUT2D eigenvalue weighted by atomic mass is 16.4. The summed E-state index contributed by atoms with van der Waals surface area (Å²) in [7, 11) is 0. The molecule has 4 heterocycles. The lowest BCUT2D eigenvalue weighted by atomic mass is 9.98. The monoisotopic (exact) mass is 1520 g/mol. The fraction of sp³-hybridized carbons (Fsp3) is 0.584. The standard InChI is InChI=1S/C57H80N16O12.C18H34O2.C2H4O2/c1-6-61-53(82)44-14-10-22-73(44)56(85)39(13-9-21-62-57(58)59)66-54(83)46(30(2)3)72-55(84)47(31(4)5)71-51(80)40(23-32-15-17-35(75)18-16-32)67-52(81)43(28-74)70-49(78)41(24-33-26-63-37-12-8-7-11-36(33)37)68-50(79)42(25-34-27-60-29-64-34)69-48(77)38-19-20-45(76)65-38;1-2-3-4-5-6-7-8-9-10-11-12-13-14-15-16-17-18(19)20;1-2(3)4/h7-8,11-12,15-18,26-27,29-31,38-44,46-47,63,74-75H,6,9-10,13-14,19-25,28H2,1-5H3,(H,60,64)(H,61,82)(H,65,76)(H,66,83)(H,67,81)(H,68,79)(H,69,77)(H,70,78)(H,71,80)(H,72,84)(H4,58,59,62);9-10H,2-8,11-17H2,1H3,(H,19,20);1H3,(H,3,4). The van der Waals surface area contributed by atoms with E-state index in [1.807, 2.05) is 6.07 Å². The van der Waals surface area contributed by atoms with Crippen molar-refractivity contribution < 1.29 is 78.0 Å². The molecule has 602 valence electrons. The number of rotatable bonds is 45. The van der Waals surface area contributed by atoms with E-state index in [0.29, 0.717) is 48.0 Å². The second kappa shape index (κ2) is 49.5. The molecule has 0 aliphatic carbocycles. The van der Waals surface area contributed by atoms with Crippen LogP contribution < -0.4 is 59.3 Å². The average molecular weight is 1520 g/mol. The highest BCUT2D eigenvalue weighted by Gasteiger charge is 2.40. The van der Waals surface area contributed by atoms with E-state index >= 15 is 0 Å². The lowest BCUT2D eigenvalue weighted by molar-refractivity contribution is -0.142. The smallest absolute Gasteiger partial charge is 0.303 e. The van der Waals surface area contributed by atoms with Crippen molar-refractivity contribution in [2.24, 2.45) is 28.3 Å². The largest absolute Gasteiger partial charge is 0.508 e. The fourth-order valence-corrected chi connectivity index (χ4v) is 12.5. The maximum Gasteiger partial charge on any atom is 0.303 e. The highest BCUT2D eigenvalue weighted by Crippen LogP contribution is 2.23. The second-order valence-electron chi connectivity index (χ2n) is 28.1. The van der Waals surface area contributed by atoms with Crippen LogP contribution in [0.4, 0.5) is 0 Å². The Morgan fingerprint density at radius 2 is 1.19 bits per heavy atom. The number of nitrogens with one attached hydrogen (secondary N) is 11. The number of unbranched alkanes of at least 4 members (excludes halogenated alkanes) is 11. The van der Waals surface area contributed by atoms with Crippen LogP contribution in [0, 0.1) is 11.8 Å². The van der Waals surface area contributed by atoms with E-state index in [1.54, 1.807) is 59.0 Å². The van der Waals surface area contributed by atoms with Gasteiger partial charge in [-0.05, 0) is 112 Å². The lowest BCUT2D eigenvalue weighted by Crippen LogP contribution is -2.62. The lowest BCUT2D eigenvalue weighted by Gasteiger charge is -2.31. The van der Waals surface area contributed by atoms with Crippen LogP contribution in [0.25, 0.3) is 10.9 Å². The van der Waals surface area contributed by atoms with Gasteiger partial charge in [0.05, 0.1) is 12.9 Å². The number of phenolic OH excluding ortho intramolecular Hbond substituents is 1. The van der Waals surface area contributed by atoms with E-state index in [1.165, 1.54) is 112 Å². The Kier molecular flexibility index (Phi) is 41.3. The van der Waals surface area contributed by atoms with E-state index in [9.17, 15) is 63.0 Å². The van der Waals surface area contributed by atoms with Crippen molar-refractivity contribution in [1.82, 2.24) is 67.7 Å². The third kappa shape index (κ3) is 33.7. The number of carboxylic acids is 2. The SMILES string of the molecule is CC(=O)O.CCCCCCCCC=CCCCCCCCC(=O)O.CCNC(=O)C1CCCN1C(=O)C(CCCN=C(N)N)NC(=O)C(NC(=O)C(NC(=O)C(Cc1ccc(O)cc1)NC(=O)C(CO)NC(=O)C(Cc1c[nH]c2ccccc12)NC(=O)C(Cc1cnc[nH]1)NC(=O)C1CCC(=O)N1)C(C)C)C(C)C. The molecule has 2 aliphatic rings. The van der Waals surface area contributed by atoms with Gasteiger partial charge in [-0.25, -0.2) is 4.98 Å². The molecule has 9 atom stereocenters. The molecule has 0 spiro atoms. The minimum atomic E-state index is -1.75. The van der Waals surface area contributed by atoms with Gasteiger partial charge in [-0.3, -0.25) is 62.5 Å². The molecule has 0 saturated carbocycles. The number of para-hydroxylation sites is 1. The van der Waals surface area contributed by atoms with Gasteiger partial charge in [0.2, 0.25) is 59.1 Å². The zero-order valence-electron chi connectivity index (χ0n) is 64.1. The number of nitrogens with two attached hydrogens (primary N) is 2. The molecule has 0 bridgehead atoms. The fourth-order valence-electron chi connectivity index (χ4n) is 12.5. The number of allylic oxidation sites excluding steroid dienone is 2. The molecule has 0 radical (unpaired) electrons. The van der Waals surface area contributed by atoms with E-state index < -0.39 is 132 Å². The molecule has 9 unspecified atom stereocenters. The molecule has 2 aromatic carbocycles. The molecule has 2 fully saturated rings. The van der Waals surface area contributed by atoms with Crippen LogP contribution in [0.2, 0.25) is 0 Å². The molecule has 32 nitrogen and oxygen atoms in total. The maximum absolute atomic E-state index is 14.6. The molecular weight excluding hydrogens is 1400 g/mol. The van der Waals surface area contributed by atoms with Gasteiger partial charge in [-0.2, -0.15) is 0 Å². The van der Waals surface area contributed by atoms with Crippen LogP contribution in [-0.2, 0) is 76.8 Å². The van der Waals surface area contributed by atoms with Gasteiger partial charge in [0, 0.05) is 87.7 Å². The van der Waals surface area contributed by atoms with Gasteiger partial charge in [0.15, 0.2) is 5.96 Å². The molecule has 2 saturated heterocycles. The van der Waals surface area contributed by atoms with Crippen LogP contribution in [0.15, 0.2) is 84.4 Å². The Morgan fingerprint density at radius 1 is 0.642 bits per heavy atom. The molecule has 10 amide bonds. The zero-order chi connectivity index (χ0) is 80.4. The first-order valence-electron chi connectivity index (χ1n) is 38.1. The van der Waals surface area contributed by atoms with Crippen molar-refractivity contribution >= 4 is 87.9 Å². The summed E-state index contributed by atoms with van der Waals surface area (Å²) in [5.74, 6) is -9.95. The Labute approximate surface area is 637 Å². The number of carbonyl (C=O) groups excluding carboxylic acids is 10. The zero-order valence-corrected chi connectivity index (χ0v) is 64.1. The first-order chi connectivity index (χ1) is 52.1. The highest BCUT2D eigenvalue weighted by molar-refractivity contribution is 5.99.